The zero-order chi connectivity index (χ0) is 11.5. The Kier molecular flexibility index (Phi) is 3.46. The van der Waals surface area contributed by atoms with E-state index in [-0.39, 0.29) is 17.7 Å². The average molecular weight is 224 g/mol. The molecule has 2 amide bonds. The van der Waals surface area contributed by atoms with E-state index < -0.39 is 0 Å². The summed E-state index contributed by atoms with van der Waals surface area (Å²) in [5, 5.41) is 2.73. The minimum absolute atomic E-state index is 0.0161. The first-order chi connectivity index (χ1) is 7.70. The van der Waals surface area contributed by atoms with E-state index in [0.717, 1.165) is 25.9 Å². The van der Waals surface area contributed by atoms with Crippen LogP contribution in [0.4, 0.5) is 0 Å². The van der Waals surface area contributed by atoms with Crippen LogP contribution in [0, 0.1) is 11.8 Å². The zero-order valence-corrected chi connectivity index (χ0v) is 9.87. The maximum atomic E-state index is 12.1. The predicted octanol–water partition coefficient (Wildman–Crippen LogP) is 0.771. The molecule has 90 valence electrons. The molecule has 2 atom stereocenters. The number of rotatable bonds is 2. The summed E-state index contributed by atoms with van der Waals surface area (Å²) in [7, 11) is 0. The molecule has 2 saturated heterocycles. The molecule has 0 aromatic rings. The quantitative estimate of drug-likeness (QED) is 0.753. The Morgan fingerprint density at radius 1 is 1.56 bits per heavy atom. The summed E-state index contributed by atoms with van der Waals surface area (Å²) >= 11 is 0. The summed E-state index contributed by atoms with van der Waals surface area (Å²) in [5.41, 5.74) is 0. The summed E-state index contributed by atoms with van der Waals surface area (Å²) in [5.74, 6) is 0.741. The molecule has 0 aliphatic carbocycles. The van der Waals surface area contributed by atoms with Gasteiger partial charge >= 0.3 is 0 Å². The van der Waals surface area contributed by atoms with Gasteiger partial charge in [0.2, 0.25) is 11.8 Å². The molecule has 2 aliphatic rings. The van der Waals surface area contributed by atoms with Gasteiger partial charge in [-0.1, -0.05) is 13.3 Å². The van der Waals surface area contributed by atoms with E-state index in [9.17, 15) is 9.59 Å². The van der Waals surface area contributed by atoms with Crippen LogP contribution in [0.3, 0.4) is 0 Å². The van der Waals surface area contributed by atoms with Crippen LogP contribution in [0.2, 0.25) is 0 Å². The molecule has 0 spiro atoms. The van der Waals surface area contributed by atoms with Gasteiger partial charge in [-0.25, -0.2) is 0 Å². The number of carbonyl (C=O) groups is 2. The number of nitrogens with zero attached hydrogens (tertiary/aromatic N) is 1. The van der Waals surface area contributed by atoms with Gasteiger partial charge in [0, 0.05) is 26.1 Å². The number of hydrogen-bond acceptors (Lipinski definition) is 2. The molecule has 2 unspecified atom stereocenters. The van der Waals surface area contributed by atoms with Gasteiger partial charge in [-0.3, -0.25) is 9.59 Å². The lowest BCUT2D eigenvalue weighted by atomic mass is 9.94. The number of piperidine rings is 1. The number of carbonyl (C=O) groups excluding carboxylic acids is 2. The minimum atomic E-state index is -0.108. The van der Waals surface area contributed by atoms with Crippen LogP contribution in [0.1, 0.15) is 32.6 Å². The smallest absolute Gasteiger partial charge is 0.227 e. The highest BCUT2D eigenvalue weighted by Crippen LogP contribution is 2.22. The van der Waals surface area contributed by atoms with E-state index in [4.69, 9.17) is 0 Å². The van der Waals surface area contributed by atoms with Crippen LogP contribution < -0.4 is 5.32 Å². The second-order valence-corrected chi connectivity index (χ2v) is 4.91. The first-order valence-corrected chi connectivity index (χ1v) is 6.26. The van der Waals surface area contributed by atoms with Crippen molar-refractivity contribution in [2.24, 2.45) is 11.8 Å². The van der Waals surface area contributed by atoms with Crippen LogP contribution in [0.15, 0.2) is 0 Å². The summed E-state index contributed by atoms with van der Waals surface area (Å²) in [6.07, 6.45) is 3.87. The molecule has 2 rings (SSSR count). The molecule has 16 heavy (non-hydrogen) atoms. The molecule has 1 N–H and O–H groups in total. The molecular formula is C12H20N2O2. The number of amides is 2. The molecule has 0 aromatic carbocycles. The number of likely N-dealkylation sites (tertiary alicyclic amines) is 1. The Bertz CT molecular complexity index is 291. The van der Waals surface area contributed by atoms with Crippen LogP contribution >= 0.6 is 0 Å². The zero-order valence-electron chi connectivity index (χ0n) is 9.87. The summed E-state index contributed by atoms with van der Waals surface area (Å²) in [4.78, 5) is 25.2. The summed E-state index contributed by atoms with van der Waals surface area (Å²) in [6, 6.07) is 0. The van der Waals surface area contributed by atoms with Gasteiger partial charge < -0.3 is 10.2 Å². The third kappa shape index (κ3) is 2.36. The van der Waals surface area contributed by atoms with Crippen molar-refractivity contribution in [3.8, 4) is 0 Å². The Balaban J connectivity index is 1.91. The first kappa shape index (κ1) is 11.4. The predicted molar refractivity (Wildman–Crippen MR) is 60.7 cm³/mol. The first-order valence-electron chi connectivity index (χ1n) is 6.26. The molecule has 2 aliphatic heterocycles. The normalized spacial score (nSPS) is 30.3. The Morgan fingerprint density at radius 3 is 3.00 bits per heavy atom. The molecule has 2 fully saturated rings. The lowest BCUT2D eigenvalue weighted by Gasteiger charge is -2.33. The van der Waals surface area contributed by atoms with Gasteiger partial charge in [-0.15, -0.1) is 0 Å². The van der Waals surface area contributed by atoms with Gasteiger partial charge in [-0.2, -0.15) is 0 Å². The Morgan fingerprint density at radius 2 is 2.38 bits per heavy atom. The molecular weight excluding hydrogens is 204 g/mol. The molecule has 0 bridgehead atoms. The Hall–Kier alpha value is -1.06. The molecule has 0 radical (unpaired) electrons. The van der Waals surface area contributed by atoms with E-state index in [1.54, 1.807) is 0 Å². The standard InChI is InChI=1S/C12H20N2O2/c1-2-9-4-3-5-14(8-9)12(16)10-6-11(15)13-7-10/h9-10H,2-8H2,1H3,(H,13,15). The van der Waals surface area contributed by atoms with Crippen molar-refractivity contribution < 1.29 is 9.59 Å². The average Bonchev–Trinajstić information content (AvgIpc) is 2.75. The van der Waals surface area contributed by atoms with Crippen LogP contribution in [0.5, 0.6) is 0 Å². The highest BCUT2D eigenvalue weighted by Gasteiger charge is 2.33. The van der Waals surface area contributed by atoms with Gasteiger partial charge in [-0.05, 0) is 18.8 Å². The van der Waals surface area contributed by atoms with Crippen molar-refractivity contribution >= 4 is 11.8 Å². The SMILES string of the molecule is CCC1CCCN(C(=O)C2CNC(=O)C2)C1. The van der Waals surface area contributed by atoms with Crippen molar-refractivity contribution in [2.75, 3.05) is 19.6 Å². The van der Waals surface area contributed by atoms with Crippen molar-refractivity contribution in [3.63, 3.8) is 0 Å². The Labute approximate surface area is 96.4 Å². The molecule has 4 nitrogen and oxygen atoms in total. The van der Waals surface area contributed by atoms with Crippen LogP contribution in [-0.2, 0) is 9.59 Å². The van der Waals surface area contributed by atoms with Crippen molar-refractivity contribution in [2.45, 2.75) is 32.6 Å². The fraction of sp³-hybridized carbons (Fsp3) is 0.833. The van der Waals surface area contributed by atoms with E-state index in [2.05, 4.69) is 12.2 Å². The lowest BCUT2D eigenvalue weighted by Crippen LogP contribution is -2.43. The number of hydrogen-bond donors (Lipinski definition) is 1. The third-order valence-electron chi connectivity index (χ3n) is 3.73. The van der Waals surface area contributed by atoms with E-state index >= 15 is 0 Å². The largest absolute Gasteiger partial charge is 0.355 e. The van der Waals surface area contributed by atoms with Crippen LogP contribution in [0.25, 0.3) is 0 Å². The highest BCUT2D eigenvalue weighted by molar-refractivity contribution is 5.89. The second kappa shape index (κ2) is 4.85. The van der Waals surface area contributed by atoms with E-state index in [1.807, 2.05) is 4.90 Å². The summed E-state index contributed by atoms with van der Waals surface area (Å²) < 4.78 is 0. The number of nitrogens with one attached hydrogen (secondary N) is 1. The fourth-order valence-electron chi connectivity index (χ4n) is 2.64. The second-order valence-electron chi connectivity index (χ2n) is 4.91. The fourth-order valence-corrected chi connectivity index (χ4v) is 2.64. The van der Waals surface area contributed by atoms with E-state index in [0.29, 0.717) is 18.9 Å². The van der Waals surface area contributed by atoms with Gasteiger partial charge in [0.25, 0.3) is 0 Å². The molecule has 2 heterocycles. The maximum absolute atomic E-state index is 12.1. The molecule has 4 heteroatoms. The highest BCUT2D eigenvalue weighted by atomic mass is 16.2. The molecule has 0 saturated carbocycles. The monoisotopic (exact) mass is 224 g/mol. The summed E-state index contributed by atoms with van der Waals surface area (Å²) in [6.45, 7) is 4.48. The van der Waals surface area contributed by atoms with Gasteiger partial charge in [0.15, 0.2) is 0 Å². The third-order valence-corrected chi connectivity index (χ3v) is 3.73. The van der Waals surface area contributed by atoms with Gasteiger partial charge in [0.05, 0.1) is 5.92 Å². The lowest BCUT2D eigenvalue weighted by molar-refractivity contribution is -0.137. The van der Waals surface area contributed by atoms with Crippen LogP contribution in [-0.4, -0.2) is 36.3 Å². The van der Waals surface area contributed by atoms with Crippen molar-refractivity contribution in [1.82, 2.24) is 10.2 Å². The van der Waals surface area contributed by atoms with Crippen molar-refractivity contribution in [1.29, 1.82) is 0 Å². The minimum Gasteiger partial charge on any atom is -0.355 e. The van der Waals surface area contributed by atoms with Gasteiger partial charge in [0.1, 0.15) is 0 Å². The maximum Gasteiger partial charge on any atom is 0.227 e. The molecule has 0 aromatic heterocycles. The topological polar surface area (TPSA) is 49.4 Å². The van der Waals surface area contributed by atoms with Crippen molar-refractivity contribution in [3.05, 3.63) is 0 Å². The van der Waals surface area contributed by atoms with E-state index in [1.165, 1.54) is 6.42 Å².